The fourth-order valence-electron chi connectivity index (χ4n) is 3.87. The molecule has 1 nitrogen and oxygen atoms in total. The summed E-state index contributed by atoms with van der Waals surface area (Å²) in [6, 6.07) is 0. The molecule has 0 amide bonds. The second kappa shape index (κ2) is 2.50. The minimum absolute atomic E-state index is 0.0837. The first-order chi connectivity index (χ1) is 5.88. The molecule has 13 heavy (non-hydrogen) atoms. The summed E-state index contributed by atoms with van der Waals surface area (Å²) in [6.45, 7) is 6.63. The molecule has 2 aliphatic rings. The molecule has 0 heterocycles. The zero-order valence-corrected chi connectivity index (χ0v) is 9.32. The molecular formula is C11H17ClO. The number of rotatable bonds is 1. The maximum absolute atomic E-state index is 11.4. The molecule has 0 spiro atoms. The molecule has 0 radical (unpaired) electrons. The molecule has 2 rings (SSSR count). The van der Waals surface area contributed by atoms with Crippen LogP contribution in [0.25, 0.3) is 0 Å². The highest BCUT2D eigenvalue weighted by molar-refractivity contribution is 6.64. The van der Waals surface area contributed by atoms with Crippen LogP contribution in [-0.2, 0) is 4.79 Å². The average molecular weight is 201 g/mol. The highest BCUT2D eigenvalue weighted by atomic mass is 35.5. The fraction of sp³-hybridized carbons (Fsp3) is 0.909. The van der Waals surface area contributed by atoms with Gasteiger partial charge in [0.25, 0.3) is 0 Å². The standard InChI is InChI=1S/C11H17ClO/c1-10(2)7-4-5-11(3,6-7)8(10)9(12)13/h7-8H,4-6H2,1-3H3/t7-,8?,11+/m1/s1. The van der Waals surface area contributed by atoms with Crippen LogP contribution in [0.5, 0.6) is 0 Å². The van der Waals surface area contributed by atoms with Gasteiger partial charge in [-0.15, -0.1) is 0 Å². The van der Waals surface area contributed by atoms with E-state index in [1.165, 1.54) is 19.3 Å². The minimum Gasteiger partial charge on any atom is -0.281 e. The van der Waals surface area contributed by atoms with Gasteiger partial charge in [0.05, 0.1) is 0 Å². The van der Waals surface area contributed by atoms with Gasteiger partial charge >= 0.3 is 0 Å². The summed E-state index contributed by atoms with van der Waals surface area (Å²) in [7, 11) is 0. The Morgan fingerprint density at radius 3 is 2.31 bits per heavy atom. The molecule has 0 saturated heterocycles. The molecule has 0 aromatic heterocycles. The molecule has 0 aromatic rings. The molecule has 2 fully saturated rings. The zero-order chi connectivity index (χ0) is 9.85. The molecule has 2 heteroatoms. The smallest absolute Gasteiger partial charge is 0.225 e. The number of carbonyl (C=O) groups excluding carboxylic acids is 1. The summed E-state index contributed by atoms with van der Waals surface area (Å²) in [6.07, 6.45) is 3.66. The first-order valence-electron chi connectivity index (χ1n) is 5.07. The lowest BCUT2D eigenvalue weighted by molar-refractivity contribution is -0.123. The molecule has 1 unspecified atom stereocenters. The van der Waals surface area contributed by atoms with Crippen molar-refractivity contribution in [1.29, 1.82) is 0 Å². The van der Waals surface area contributed by atoms with Crippen LogP contribution in [0.4, 0.5) is 0 Å². The molecule has 2 bridgehead atoms. The first-order valence-corrected chi connectivity index (χ1v) is 5.45. The van der Waals surface area contributed by atoms with Crippen molar-refractivity contribution in [2.75, 3.05) is 0 Å². The van der Waals surface area contributed by atoms with E-state index in [-0.39, 0.29) is 22.0 Å². The lowest BCUT2D eigenvalue weighted by Gasteiger charge is -2.40. The van der Waals surface area contributed by atoms with Gasteiger partial charge in [0.15, 0.2) is 0 Å². The summed E-state index contributed by atoms with van der Waals surface area (Å²) >= 11 is 5.71. The summed E-state index contributed by atoms with van der Waals surface area (Å²) in [5, 5.41) is -0.116. The van der Waals surface area contributed by atoms with E-state index in [2.05, 4.69) is 20.8 Å². The number of hydrogen-bond donors (Lipinski definition) is 0. The maximum atomic E-state index is 11.4. The highest BCUT2D eigenvalue weighted by Crippen LogP contribution is 2.66. The van der Waals surface area contributed by atoms with Gasteiger partial charge in [0.1, 0.15) is 0 Å². The Morgan fingerprint density at radius 2 is 2.00 bits per heavy atom. The fourth-order valence-corrected chi connectivity index (χ4v) is 4.41. The normalized spacial score (nSPS) is 46.8. The van der Waals surface area contributed by atoms with Gasteiger partial charge in [-0.1, -0.05) is 20.8 Å². The van der Waals surface area contributed by atoms with E-state index < -0.39 is 0 Å². The molecule has 0 aromatic carbocycles. The van der Waals surface area contributed by atoms with Gasteiger partial charge < -0.3 is 0 Å². The summed E-state index contributed by atoms with van der Waals surface area (Å²) in [5.74, 6) is 0.797. The number of carbonyl (C=O) groups is 1. The molecule has 0 N–H and O–H groups in total. The van der Waals surface area contributed by atoms with Gasteiger partial charge in [-0.05, 0) is 47.6 Å². The molecule has 2 saturated carbocycles. The maximum Gasteiger partial charge on any atom is 0.225 e. The Balaban J connectivity index is 2.39. The van der Waals surface area contributed by atoms with Crippen LogP contribution in [0.3, 0.4) is 0 Å². The van der Waals surface area contributed by atoms with Crippen LogP contribution in [0, 0.1) is 22.7 Å². The molecule has 2 aliphatic carbocycles. The first kappa shape index (κ1) is 9.51. The predicted molar refractivity (Wildman–Crippen MR) is 53.6 cm³/mol. The summed E-state index contributed by atoms with van der Waals surface area (Å²) in [5.41, 5.74) is 0.332. The van der Waals surface area contributed by atoms with Crippen molar-refractivity contribution >= 4 is 16.8 Å². The predicted octanol–water partition coefficient (Wildman–Crippen LogP) is 3.21. The van der Waals surface area contributed by atoms with E-state index >= 15 is 0 Å². The van der Waals surface area contributed by atoms with Gasteiger partial charge in [-0.2, -0.15) is 0 Å². The van der Waals surface area contributed by atoms with Crippen molar-refractivity contribution in [3.8, 4) is 0 Å². The lowest BCUT2D eigenvalue weighted by Crippen LogP contribution is -2.38. The molecule has 74 valence electrons. The third-order valence-electron chi connectivity index (χ3n) is 4.50. The van der Waals surface area contributed by atoms with Crippen molar-refractivity contribution in [1.82, 2.24) is 0 Å². The van der Waals surface area contributed by atoms with Crippen LogP contribution in [0.2, 0.25) is 0 Å². The topological polar surface area (TPSA) is 17.1 Å². The second-order valence-electron chi connectivity index (χ2n) is 5.65. The van der Waals surface area contributed by atoms with Gasteiger partial charge in [-0.3, -0.25) is 4.79 Å². The Hall–Kier alpha value is -0.0400. The van der Waals surface area contributed by atoms with Gasteiger partial charge in [0, 0.05) is 5.92 Å². The molecule has 3 atom stereocenters. The van der Waals surface area contributed by atoms with E-state index in [9.17, 15) is 4.79 Å². The zero-order valence-electron chi connectivity index (χ0n) is 8.56. The quantitative estimate of drug-likeness (QED) is 0.594. The van der Waals surface area contributed by atoms with Crippen molar-refractivity contribution in [3.05, 3.63) is 0 Å². The number of fused-ring (bicyclic) bond motifs is 2. The Bertz CT molecular complexity index is 254. The van der Waals surface area contributed by atoms with Crippen LogP contribution < -0.4 is 0 Å². The minimum atomic E-state index is -0.116. The van der Waals surface area contributed by atoms with Crippen LogP contribution in [0.15, 0.2) is 0 Å². The van der Waals surface area contributed by atoms with Gasteiger partial charge in [-0.25, -0.2) is 0 Å². The van der Waals surface area contributed by atoms with Crippen molar-refractivity contribution < 1.29 is 4.79 Å². The van der Waals surface area contributed by atoms with E-state index in [1.807, 2.05) is 0 Å². The molecular weight excluding hydrogens is 184 g/mol. The summed E-state index contributed by atoms with van der Waals surface area (Å²) in [4.78, 5) is 11.4. The van der Waals surface area contributed by atoms with Crippen LogP contribution in [0.1, 0.15) is 40.0 Å². The number of hydrogen-bond acceptors (Lipinski definition) is 1. The van der Waals surface area contributed by atoms with E-state index in [0.29, 0.717) is 5.92 Å². The number of halogens is 1. The Kier molecular flexibility index (Phi) is 1.83. The second-order valence-corrected chi connectivity index (χ2v) is 6.02. The average Bonchev–Trinajstić information content (AvgIpc) is 2.36. The largest absolute Gasteiger partial charge is 0.281 e. The monoisotopic (exact) mass is 200 g/mol. The summed E-state index contributed by atoms with van der Waals surface area (Å²) < 4.78 is 0. The third-order valence-corrected chi connectivity index (χ3v) is 4.71. The Labute approximate surface area is 84.8 Å². The van der Waals surface area contributed by atoms with E-state index in [4.69, 9.17) is 11.6 Å². The third kappa shape index (κ3) is 1.09. The van der Waals surface area contributed by atoms with E-state index in [1.54, 1.807) is 0 Å². The van der Waals surface area contributed by atoms with Crippen molar-refractivity contribution in [2.45, 2.75) is 40.0 Å². The van der Waals surface area contributed by atoms with Crippen LogP contribution in [-0.4, -0.2) is 5.24 Å². The van der Waals surface area contributed by atoms with Crippen molar-refractivity contribution in [3.63, 3.8) is 0 Å². The van der Waals surface area contributed by atoms with Crippen LogP contribution >= 0.6 is 11.6 Å². The lowest BCUT2D eigenvalue weighted by atomic mass is 9.64. The highest BCUT2D eigenvalue weighted by Gasteiger charge is 2.61. The van der Waals surface area contributed by atoms with Crippen molar-refractivity contribution in [2.24, 2.45) is 22.7 Å². The van der Waals surface area contributed by atoms with E-state index in [0.717, 1.165) is 0 Å². The van der Waals surface area contributed by atoms with Gasteiger partial charge in [0.2, 0.25) is 5.24 Å². The molecule has 0 aliphatic heterocycles. The SMILES string of the molecule is CC1(C)C(C(=O)Cl)[C@@]2(C)CC[C@@H]1C2. The Morgan fingerprint density at radius 1 is 1.38 bits per heavy atom.